The van der Waals surface area contributed by atoms with Gasteiger partial charge in [-0.05, 0) is 62.1 Å². The van der Waals surface area contributed by atoms with Gasteiger partial charge in [-0.15, -0.1) is 0 Å². The number of carboxylic acids is 1. The third-order valence-corrected chi connectivity index (χ3v) is 5.41. The number of aromatic carboxylic acids is 1. The number of fused-ring (bicyclic) bond motifs is 2. The van der Waals surface area contributed by atoms with Gasteiger partial charge in [0.05, 0.1) is 22.9 Å². The van der Waals surface area contributed by atoms with E-state index < -0.39 is 11.4 Å². The first kappa shape index (κ1) is 16.8. The fourth-order valence-electron chi connectivity index (χ4n) is 3.76. The number of carboxylic acid groups (broad SMARTS) is 1. The van der Waals surface area contributed by atoms with Crippen molar-refractivity contribution in [3.63, 3.8) is 0 Å². The predicted molar refractivity (Wildman–Crippen MR) is 95.8 cm³/mol. The summed E-state index contributed by atoms with van der Waals surface area (Å²) in [7, 11) is 0. The molecule has 1 aromatic carbocycles. The van der Waals surface area contributed by atoms with Gasteiger partial charge < -0.3 is 15.2 Å². The number of nitrogens with one attached hydrogen (secondary N) is 1. The van der Waals surface area contributed by atoms with E-state index in [1.807, 2.05) is 12.1 Å². The minimum absolute atomic E-state index is 0.00121. The Hall–Kier alpha value is -2.60. The molecule has 134 valence electrons. The van der Waals surface area contributed by atoms with Crippen LogP contribution in [0.4, 0.5) is 5.69 Å². The number of nitrogens with zero attached hydrogens (tertiary/aromatic N) is 1. The molecule has 0 radical (unpaired) electrons. The largest absolute Gasteiger partial charge is 0.490 e. The maximum absolute atomic E-state index is 12.6. The summed E-state index contributed by atoms with van der Waals surface area (Å²) < 4.78 is 5.99. The second kappa shape index (κ2) is 6.29. The summed E-state index contributed by atoms with van der Waals surface area (Å²) in [5.74, 6) is -0.451. The van der Waals surface area contributed by atoms with Crippen LogP contribution in [0.5, 0.6) is 5.75 Å². The van der Waals surface area contributed by atoms with E-state index in [4.69, 9.17) is 16.3 Å². The van der Waals surface area contributed by atoms with Gasteiger partial charge in [-0.2, -0.15) is 0 Å². The van der Waals surface area contributed by atoms with Gasteiger partial charge in [0.15, 0.2) is 0 Å². The number of carbonyl (C=O) groups excluding carboxylic acids is 1. The topological polar surface area (TPSA) is 88.5 Å². The van der Waals surface area contributed by atoms with Crippen LogP contribution >= 0.6 is 11.6 Å². The van der Waals surface area contributed by atoms with E-state index in [0.717, 1.165) is 5.75 Å². The molecule has 1 aliphatic heterocycles. The number of anilines is 1. The number of carbonyl (C=O) groups is 2. The average molecular weight is 373 g/mol. The minimum atomic E-state index is -1.10. The Labute approximate surface area is 155 Å². The van der Waals surface area contributed by atoms with Gasteiger partial charge in [-0.25, -0.2) is 9.78 Å². The summed E-state index contributed by atoms with van der Waals surface area (Å²) >= 11 is 5.89. The van der Waals surface area contributed by atoms with Crippen LogP contribution in [0.3, 0.4) is 0 Å². The normalized spacial score (nSPS) is 24.2. The minimum Gasteiger partial charge on any atom is -0.490 e. The Bertz CT molecular complexity index is 874. The highest BCUT2D eigenvalue weighted by Gasteiger charge is 2.50. The molecule has 26 heavy (non-hydrogen) atoms. The van der Waals surface area contributed by atoms with Gasteiger partial charge in [-0.3, -0.25) is 4.79 Å². The summed E-state index contributed by atoms with van der Waals surface area (Å²) in [5.41, 5.74) is 0.351. The van der Waals surface area contributed by atoms with Crippen molar-refractivity contribution in [1.82, 2.24) is 4.98 Å². The summed E-state index contributed by atoms with van der Waals surface area (Å²) in [6, 6.07) is 10.2. The van der Waals surface area contributed by atoms with Crippen molar-refractivity contribution in [2.24, 2.45) is 0 Å². The van der Waals surface area contributed by atoms with Crippen LogP contribution < -0.4 is 10.1 Å². The first-order valence-corrected chi connectivity index (χ1v) is 8.84. The third-order valence-electron chi connectivity index (χ3n) is 5.15. The molecule has 0 saturated heterocycles. The lowest BCUT2D eigenvalue weighted by Gasteiger charge is -2.35. The molecule has 1 aromatic heterocycles. The van der Waals surface area contributed by atoms with Crippen molar-refractivity contribution < 1.29 is 19.4 Å². The van der Waals surface area contributed by atoms with Crippen molar-refractivity contribution in [3.05, 3.63) is 52.8 Å². The van der Waals surface area contributed by atoms with Crippen molar-refractivity contribution >= 4 is 29.2 Å². The van der Waals surface area contributed by atoms with Gasteiger partial charge in [0.1, 0.15) is 11.4 Å². The molecule has 2 aromatic rings. The van der Waals surface area contributed by atoms with E-state index in [1.165, 1.54) is 6.07 Å². The lowest BCUT2D eigenvalue weighted by molar-refractivity contribution is -0.122. The number of halogens is 1. The van der Waals surface area contributed by atoms with Crippen LogP contribution in [-0.4, -0.2) is 28.1 Å². The maximum Gasteiger partial charge on any atom is 0.354 e. The predicted octanol–water partition coefficient (Wildman–Crippen LogP) is 3.64. The smallest absolute Gasteiger partial charge is 0.354 e. The molecule has 2 heterocycles. The molecule has 1 amide bonds. The van der Waals surface area contributed by atoms with Gasteiger partial charge in [0.2, 0.25) is 5.91 Å². The zero-order chi connectivity index (χ0) is 18.3. The Balaban J connectivity index is 1.53. The molecular formula is C19H17ClN2O4. The van der Waals surface area contributed by atoms with E-state index in [-0.39, 0.29) is 17.7 Å². The van der Waals surface area contributed by atoms with Crippen LogP contribution in [-0.2, 0) is 10.2 Å². The van der Waals surface area contributed by atoms with E-state index in [2.05, 4.69) is 10.3 Å². The molecule has 1 saturated carbocycles. The highest BCUT2D eigenvalue weighted by molar-refractivity contribution is 6.30. The summed E-state index contributed by atoms with van der Waals surface area (Å²) in [4.78, 5) is 28.1. The Morgan fingerprint density at radius 3 is 2.54 bits per heavy atom. The van der Waals surface area contributed by atoms with Crippen LogP contribution in [0, 0.1) is 0 Å². The second-order valence-electron chi connectivity index (χ2n) is 6.71. The molecule has 1 fully saturated rings. The SMILES string of the molecule is O=C(O)c1ccc2c(n1)C1(CCC(Oc3ccc(Cl)cc3)CC1)C(=O)N2. The first-order chi connectivity index (χ1) is 12.5. The molecule has 2 aliphatic rings. The highest BCUT2D eigenvalue weighted by atomic mass is 35.5. The summed E-state index contributed by atoms with van der Waals surface area (Å²) in [5, 5.41) is 12.7. The molecular weight excluding hydrogens is 356 g/mol. The Morgan fingerprint density at radius 1 is 1.19 bits per heavy atom. The number of hydrogen-bond donors (Lipinski definition) is 2. The quantitative estimate of drug-likeness (QED) is 0.858. The monoisotopic (exact) mass is 372 g/mol. The van der Waals surface area contributed by atoms with Crippen LogP contribution in [0.2, 0.25) is 5.02 Å². The molecule has 6 nitrogen and oxygen atoms in total. The number of rotatable bonds is 3. The number of aromatic nitrogens is 1. The molecule has 7 heteroatoms. The van der Waals surface area contributed by atoms with Crippen LogP contribution in [0.25, 0.3) is 0 Å². The standard InChI is InChI=1S/C19H17ClN2O4/c20-11-1-3-12(4-2-11)26-13-7-9-19(10-8-13)16-14(22-18(19)25)5-6-15(21-16)17(23)24/h1-6,13H,7-10H2,(H,22,25)(H,23,24). The third kappa shape index (κ3) is 2.80. The lowest BCUT2D eigenvalue weighted by Crippen LogP contribution is -2.41. The van der Waals surface area contributed by atoms with E-state index >= 15 is 0 Å². The molecule has 2 N–H and O–H groups in total. The first-order valence-electron chi connectivity index (χ1n) is 8.46. The van der Waals surface area contributed by atoms with Gasteiger partial charge in [0.25, 0.3) is 0 Å². The number of ether oxygens (including phenoxy) is 1. The zero-order valence-electron chi connectivity index (χ0n) is 13.9. The maximum atomic E-state index is 12.6. The van der Waals surface area contributed by atoms with E-state index in [1.54, 1.807) is 18.2 Å². The summed E-state index contributed by atoms with van der Waals surface area (Å²) in [6.07, 6.45) is 2.52. The lowest BCUT2D eigenvalue weighted by atomic mass is 9.71. The molecule has 0 atom stereocenters. The fourth-order valence-corrected chi connectivity index (χ4v) is 3.89. The zero-order valence-corrected chi connectivity index (χ0v) is 14.6. The number of amides is 1. The van der Waals surface area contributed by atoms with Gasteiger partial charge in [0, 0.05) is 5.02 Å². The van der Waals surface area contributed by atoms with Crippen molar-refractivity contribution in [1.29, 1.82) is 0 Å². The average Bonchev–Trinajstić information content (AvgIpc) is 2.90. The van der Waals surface area contributed by atoms with Crippen LogP contribution in [0.15, 0.2) is 36.4 Å². The number of pyridine rings is 1. The van der Waals surface area contributed by atoms with Crippen molar-refractivity contribution in [2.45, 2.75) is 37.2 Å². The van der Waals surface area contributed by atoms with E-state index in [9.17, 15) is 14.7 Å². The van der Waals surface area contributed by atoms with Gasteiger partial charge in [-0.1, -0.05) is 11.6 Å². The summed E-state index contributed by atoms with van der Waals surface area (Å²) in [6.45, 7) is 0. The van der Waals surface area contributed by atoms with Crippen molar-refractivity contribution in [3.8, 4) is 5.75 Å². The second-order valence-corrected chi connectivity index (χ2v) is 7.14. The molecule has 0 unspecified atom stereocenters. The Morgan fingerprint density at radius 2 is 1.88 bits per heavy atom. The molecule has 4 rings (SSSR count). The Kier molecular flexibility index (Phi) is 4.07. The fraction of sp³-hybridized carbons (Fsp3) is 0.316. The number of hydrogen-bond acceptors (Lipinski definition) is 4. The van der Waals surface area contributed by atoms with Gasteiger partial charge >= 0.3 is 5.97 Å². The van der Waals surface area contributed by atoms with E-state index in [0.29, 0.717) is 42.1 Å². The number of benzene rings is 1. The van der Waals surface area contributed by atoms with Crippen LogP contribution in [0.1, 0.15) is 41.9 Å². The molecule has 1 aliphatic carbocycles. The molecule has 0 bridgehead atoms. The van der Waals surface area contributed by atoms with Crippen molar-refractivity contribution in [2.75, 3.05) is 5.32 Å². The highest BCUT2D eigenvalue weighted by Crippen LogP contribution is 2.47. The molecule has 1 spiro atoms.